The van der Waals surface area contributed by atoms with Crippen molar-refractivity contribution in [2.45, 2.75) is 26.4 Å². The number of hydrogen-bond donors (Lipinski definition) is 3. The summed E-state index contributed by atoms with van der Waals surface area (Å²) in [5.41, 5.74) is 8.64. The number of anilines is 1. The summed E-state index contributed by atoms with van der Waals surface area (Å²) >= 11 is 0. The number of nitrogens with two attached hydrogens (primary N) is 1. The highest BCUT2D eigenvalue weighted by atomic mass is 35.5. The van der Waals surface area contributed by atoms with Gasteiger partial charge in [-0.15, -0.1) is 12.4 Å². The van der Waals surface area contributed by atoms with Gasteiger partial charge in [0.25, 0.3) is 0 Å². The first-order valence-corrected chi connectivity index (χ1v) is 10.7. The molecule has 182 valence electrons. The van der Waals surface area contributed by atoms with Crippen molar-refractivity contribution >= 4 is 29.9 Å². The highest BCUT2D eigenvalue weighted by Crippen LogP contribution is 2.27. The molecule has 1 atom stereocenters. The van der Waals surface area contributed by atoms with Crippen LogP contribution in [0.15, 0.2) is 42.5 Å². The average molecular weight is 479 g/mol. The Morgan fingerprint density at radius 2 is 1.85 bits per heavy atom. The molecule has 0 saturated carbocycles. The molecule has 1 unspecified atom stereocenters. The van der Waals surface area contributed by atoms with Crippen LogP contribution < -0.4 is 15.8 Å². The number of likely N-dealkylation sites (N-methyl/N-ethyl adjacent to an activating group) is 1. The van der Waals surface area contributed by atoms with Gasteiger partial charge in [0, 0.05) is 31.5 Å². The van der Waals surface area contributed by atoms with Crippen molar-refractivity contribution in [3.63, 3.8) is 0 Å². The Morgan fingerprint density at radius 3 is 2.42 bits per heavy atom. The second-order valence-corrected chi connectivity index (χ2v) is 7.39. The van der Waals surface area contributed by atoms with Crippen molar-refractivity contribution in [1.29, 1.82) is 5.41 Å². The van der Waals surface area contributed by atoms with Gasteiger partial charge in [0.05, 0.1) is 19.8 Å². The van der Waals surface area contributed by atoms with Gasteiger partial charge in [0.1, 0.15) is 11.6 Å². The number of carbonyl (C=O) groups is 1. The summed E-state index contributed by atoms with van der Waals surface area (Å²) in [5.74, 6) is 0.309. The van der Waals surface area contributed by atoms with Crippen LogP contribution in [0.5, 0.6) is 5.75 Å². The summed E-state index contributed by atoms with van der Waals surface area (Å²) in [4.78, 5) is 15.0. The van der Waals surface area contributed by atoms with E-state index in [0.717, 1.165) is 17.7 Å². The van der Waals surface area contributed by atoms with Gasteiger partial charge in [0.15, 0.2) is 6.04 Å². The Kier molecular flexibility index (Phi) is 12.3. The van der Waals surface area contributed by atoms with E-state index in [0.29, 0.717) is 36.8 Å². The largest absolute Gasteiger partial charge is 0.494 e. The molecule has 2 aromatic carbocycles. The van der Waals surface area contributed by atoms with Crippen LogP contribution in [0, 0.1) is 5.41 Å². The van der Waals surface area contributed by atoms with Crippen LogP contribution in [-0.4, -0.2) is 57.2 Å². The number of methoxy groups -OCH3 is 1. The second kappa shape index (κ2) is 14.4. The molecule has 0 radical (unpaired) electrons. The third-order valence-electron chi connectivity index (χ3n) is 4.79. The quantitative estimate of drug-likeness (QED) is 0.229. The number of nitrogen functional groups attached to an aromatic ring is 1. The number of rotatable bonds is 13. The molecule has 2 aromatic rings. The number of amidine groups is 1. The smallest absolute Gasteiger partial charge is 0.333 e. The number of ether oxygens (including phenoxy) is 3. The Hall–Kier alpha value is -2.81. The Bertz CT molecular complexity index is 893. The van der Waals surface area contributed by atoms with E-state index in [4.69, 9.17) is 25.4 Å². The number of esters is 1. The molecule has 4 N–H and O–H groups in total. The van der Waals surface area contributed by atoms with Crippen molar-refractivity contribution in [3.8, 4) is 5.75 Å². The summed E-state index contributed by atoms with van der Waals surface area (Å²) < 4.78 is 16.3. The lowest BCUT2D eigenvalue weighted by atomic mass is 10.0. The van der Waals surface area contributed by atoms with Gasteiger partial charge in [-0.05, 0) is 68.4 Å². The summed E-state index contributed by atoms with van der Waals surface area (Å²) in [7, 11) is 3.70. The number of halogens is 1. The van der Waals surface area contributed by atoms with Gasteiger partial charge < -0.3 is 25.3 Å². The standard InChI is InChI=1S/C24H34N4O4.ClH/c1-5-31-21-14-17(16-28(3)11-12-30-4)13-19(15-21)22(24(29)32-6-2)27-20-9-7-18(8-10-20)23(25)26;/h7-10,13-15,22,27H,5-6,11-12,16H2,1-4H3,(H3,25,26);1H. The molecular weight excluding hydrogens is 444 g/mol. The number of hydrogen-bond acceptors (Lipinski definition) is 7. The summed E-state index contributed by atoms with van der Waals surface area (Å²) in [6.45, 7) is 6.60. The highest BCUT2D eigenvalue weighted by Gasteiger charge is 2.23. The van der Waals surface area contributed by atoms with Crippen molar-refractivity contribution < 1.29 is 19.0 Å². The lowest BCUT2D eigenvalue weighted by Gasteiger charge is -2.22. The molecule has 0 amide bonds. The molecule has 33 heavy (non-hydrogen) atoms. The van der Waals surface area contributed by atoms with Crippen LogP contribution in [0.1, 0.15) is 36.6 Å². The highest BCUT2D eigenvalue weighted by molar-refractivity contribution is 5.95. The average Bonchev–Trinajstić information content (AvgIpc) is 2.76. The molecule has 0 saturated heterocycles. The molecule has 2 rings (SSSR count). The van der Waals surface area contributed by atoms with Gasteiger partial charge >= 0.3 is 5.97 Å². The maximum atomic E-state index is 12.9. The first-order valence-electron chi connectivity index (χ1n) is 10.7. The minimum absolute atomic E-state index is 0. The van der Waals surface area contributed by atoms with Gasteiger partial charge in [-0.1, -0.05) is 6.07 Å². The number of nitrogens with one attached hydrogen (secondary N) is 2. The lowest BCUT2D eigenvalue weighted by Crippen LogP contribution is -2.25. The predicted molar refractivity (Wildman–Crippen MR) is 134 cm³/mol. The van der Waals surface area contributed by atoms with E-state index in [2.05, 4.69) is 10.2 Å². The van der Waals surface area contributed by atoms with E-state index < -0.39 is 6.04 Å². The monoisotopic (exact) mass is 478 g/mol. The molecule has 0 aliphatic carbocycles. The number of benzene rings is 2. The summed E-state index contributed by atoms with van der Waals surface area (Å²) in [6.07, 6.45) is 0. The minimum atomic E-state index is -0.721. The minimum Gasteiger partial charge on any atom is -0.494 e. The van der Waals surface area contributed by atoms with Gasteiger partial charge in [-0.3, -0.25) is 10.3 Å². The molecule has 0 aliphatic heterocycles. The van der Waals surface area contributed by atoms with E-state index in [1.807, 2.05) is 32.2 Å². The number of nitrogens with zero attached hydrogens (tertiary/aromatic N) is 1. The Balaban J connectivity index is 0.00000544. The first kappa shape index (κ1) is 28.2. The van der Waals surface area contributed by atoms with Gasteiger partial charge in [-0.25, -0.2) is 4.79 Å². The molecule has 0 aliphatic rings. The maximum Gasteiger partial charge on any atom is 0.333 e. The second-order valence-electron chi connectivity index (χ2n) is 7.39. The Labute approximate surface area is 202 Å². The van der Waals surface area contributed by atoms with Crippen molar-refractivity contribution in [2.75, 3.05) is 45.8 Å². The molecule has 0 spiro atoms. The molecule has 8 nitrogen and oxygen atoms in total. The molecule has 0 aromatic heterocycles. The lowest BCUT2D eigenvalue weighted by molar-refractivity contribution is -0.144. The molecule has 0 heterocycles. The van der Waals surface area contributed by atoms with E-state index >= 15 is 0 Å². The van der Waals surface area contributed by atoms with E-state index in [9.17, 15) is 4.79 Å². The van der Waals surface area contributed by atoms with Gasteiger partial charge in [0.2, 0.25) is 0 Å². The van der Waals surface area contributed by atoms with Crippen LogP contribution in [-0.2, 0) is 20.8 Å². The zero-order chi connectivity index (χ0) is 23.5. The molecule has 0 bridgehead atoms. The molecule has 9 heteroatoms. The SMILES string of the molecule is CCOC(=O)C(Nc1ccc(C(=N)N)cc1)c1cc(CN(C)CCOC)cc(OCC)c1.Cl. The van der Waals surface area contributed by atoms with Crippen LogP contribution in [0.25, 0.3) is 0 Å². The van der Waals surface area contributed by atoms with Crippen molar-refractivity contribution in [3.05, 3.63) is 59.2 Å². The van der Waals surface area contributed by atoms with Crippen LogP contribution in [0.3, 0.4) is 0 Å². The van der Waals surface area contributed by atoms with Crippen LogP contribution in [0.4, 0.5) is 5.69 Å². The fourth-order valence-electron chi connectivity index (χ4n) is 3.25. The molecule has 0 fully saturated rings. The number of carbonyl (C=O) groups excluding carboxylic acids is 1. The summed E-state index contributed by atoms with van der Waals surface area (Å²) in [5, 5.41) is 10.8. The zero-order valence-corrected chi connectivity index (χ0v) is 20.5. The zero-order valence-electron chi connectivity index (χ0n) is 19.7. The third kappa shape index (κ3) is 8.92. The maximum absolute atomic E-state index is 12.9. The van der Waals surface area contributed by atoms with Gasteiger partial charge in [-0.2, -0.15) is 0 Å². The normalized spacial score (nSPS) is 11.4. The van der Waals surface area contributed by atoms with E-state index in [1.54, 1.807) is 38.3 Å². The predicted octanol–water partition coefficient (Wildman–Crippen LogP) is 3.59. The van der Waals surface area contributed by atoms with Crippen LogP contribution >= 0.6 is 12.4 Å². The fourth-order valence-corrected chi connectivity index (χ4v) is 3.25. The topological polar surface area (TPSA) is 110 Å². The van der Waals surface area contributed by atoms with Crippen LogP contribution in [0.2, 0.25) is 0 Å². The van der Waals surface area contributed by atoms with E-state index in [-0.39, 0.29) is 30.8 Å². The Morgan fingerprint density at radius 1 is 1.15 bits per heavy atom. The summed E-state index contributed by atoms with van der Waals surface area (Å²) in [6, 6.07) is 12.2. The molecular formula is C24H35ClN4O4. The van der Waals surface area contributed by atoms with E-state index in [1.165, 1.54) is 0 Å². The van der Waals surface area contributed by atoms with Crippen molar-refractivity contribution in [2.24, 2.45) is 5.73 Å². The first-order chi connectivity index (χ1) is 15.4. The van der Waals surface area contributed by atoms with Crippen molar-refractivity contribution in [1.82, 2.24) is 4.90 Å². The third-order valence-corrected chi connectivity index (χ3v) is 4.79. The fraction of sp³-hybridized carbons (Fsp3) is 0.417.